The van der Waals surface area contributed by atoms with E-state index in [-0.39, 0.29) is 11.2 Å². The minimum Gasteiger partial charge on any atom is -0.867 e. The van der Waals surface area contributed by atoms with Crippen LogP contribution in [0.25, 0.3) is 22.2 Å². The van der Waals surface area contributed by atoms with Crippen molar-refractivity contribution in [2.45, 2.75) is 26.2 Å². The first kappa shape index (κ1) is 21.7. The van der Waals surface area contributed by atoms with E-state index in [4.69, 9.17) is 12.2 Å². The Hall–Kier alpha value is -3.50. The average Bonchev–Trinajstić information content (AvgIpc) is 2.80. The Morgan fingerprint density at radius 1 is 0.812 bits per heavy atom. The molecule has 32 heavy (non-hydrogen) atoms. The summed E-state index contributed by atoms with van der Waals surface area (Å²) in [7, 11) is 0. The topological polar surface area (TPSA) is 39.0 Å². The highest BCUT2D eigenvalue weighted by atomic mass is 32.1. The van der Waals surface area contributed by atoms with E-state index in [1.54, 1.807) is 4.57 Å². The molecule has 0 aliphatic heterocycles. The third-order valence-corrected chi connectivity index (χ3v) is 5.75. The molecule has 0 radical (unpaired) electrons. The van der Waals surface area contributed by atoms with Crippen molar-refractivity contribution >= 4 is 45.1 Å². The zero-order chi connectivity index (χ0) is 22.7. The van der Waals surface area contributed by atoms with E-state index in [9.17, 15) is 5.11 Å². The number of benzene rings is 3. The molecule has 1 N–H and O–H groups in total. The Balaban J connectivity index is 1.78. The predicted molar refractivity (Wildman–Crippen MR) is 135 cm³/mol. The molecule has 1 heterocycles. The van der Waals surface area contributed by atoms with E-state index in [1.165, 1.54) is 5.56 Å². The molecule has 3 aromatic carbocycles. The lowest BCUT2D eigenvalue weighted by Gasteiger charge is -2.21. The quantitative estimate of drug-likeness (QED) is 0.196. The SMILES string of the molecule is CC(C)(C)c1ccc(/C([O-])=C(/C(=S)Nc2cccc3ccccc23)[n+]2ccccc2)cc1. The summed E-state index contributed by atoms with van der Waals surface area (Å²) in [6.45, 7) is 6.47. The van der Waals surface area contributed by atoms with Crippen molar-refractivity contribution in [3.05, 3.63) is 108 Å². The van der Waals surface area contributed by atoms with Crippen molar-refractivity contribution in [1.29, 1.82) is 0 Å². The molecule has 0 aliphatic carbocycles. The summed E-state index contributed by atoms with van der Waals surface area (Å²) >= 11 is 5.77. The Labute approximate surface area is 194 Å². The fourth-order valence-electron chi connectivity index (χ4n) is 3.66. The number of nitrogens with zero attached hydrogens (tertiary/aromatic N) is 1. The summed E-state index contributed by atoms with van der Waals surface area (Å²) in [5, 5.41) is 19.1. The van der Waals surface area contributed by atoms with Crippen LogP contribution in [-0.2, 0) is 5.41 Å². The first-order valence-corrected chi connectivity index (χ1v) is 11.0. The number of pyridine rings is 1. The lowest BCUT2D eigenvalue weighted by Crippen LogP contribution is -2.39. The molecule has 160 valence electrons. The highest BCUT2D eigenvalue weighted by Crippen LogP contribution is 2.26. The van der Waals surface area contributed by atoms with Crippen molar-refractivity contribution in [3.8, 4) is 0 Å². The zero-order valence-corrected chi connectivity index (χ0v) is 19.3. The van der Waals surface area contributed by atoms with Gasteiger partial charge in [0.1, 0.15) is 0 Å². The average molecular weight is 439 g/mol. The van der Waals surface area contributed by atoms with Crippen molar-refractivity contribution < 1.29 is 9.67 Å². The highest BCUT2D eigenvalue weighted by Gasteiger charge is 2.20. The fourth-order valence-corrected chi connectivity index (χ4v) is 3.97. The Bertz CT molecular complexity index is 1280. The van der Waals surface area contributed by atoms with Crippen LogP contribution < -0.4 is 15.0 Å². The highest BCUT2D eigenvalue weighted by molar-refractivity contribution is 7.81. The fraction of sp³-hybridized carbons (Fsp3) is 0.143. The van der Waals surface area contributed by atoms with Crippen molar-refractivity contribution in [1.82, 2.24) is 0 Å². The van der Waals surface area contributed by atoms with Gasteiger partial charge < -0.3 is 10.4 Å². The van der Waals surface area contributed by atoms with E-state index in [1.807, 2.05) is 85.2 Å². The molecule has 0 atom stereocenters. The van der Waals surface area contributed by atoms with Gasteiger partial charge in [-0.15, -0.1) is 0 Å². The molecule has 0 bridgehead atoms. The number of rotatable bonds is 4. The molecule has 0 saturated heterocycles. The largest absolute Gasteiger partial charge is 0.867 e. The summed E-state index contributed by atoms with van der Waals surface area (Å²) in [6.07, 6.45) is 3.68. The van der Waals surface area contributed by atoms with Crippen LogP contribution in [0.2, 0.25) is 0 Å². The molecule has 0 saturated carbocycles. The predicted octanol–water partition coefficient (Wildman–Crippen LogP) is 5.55. The van der Waals surface area contributed by atoms with Gasteiger partial charge in [0.25, 0.3) is 0 Å². The minimum atomic E-state index is -0.126. The molecule has 0 fully saturated rings. The van der Waals surface area contributed by atoms with Crippen molar-refractivity contribution in [2.75, 3.05) is 5.32 Å². The van der Waals surface area contributed by atoms with Crippen LogP contribution in [0.15, 0.2) is 97.3 Å². The maximum atomic E-state index is 13.6. The molecule has 4 heteroatoms. The zero-order valence-electron chi connectivity index (χ0n) is 18.5. The van der Waals surface area contributed by atoms with E-state index in [0.717, 1.165) is 16.5 Å². The first-order chi connectivity index (χ1) is 15.3. The summed E-state index contributed by atoms with van der Waals surface area (Å²) in [5.74, 6) is -0.126. The van der Waals surface area contributed by atoms with Crippen LogP contribution in [-0.4, -0.2) is 4.99 Å². The second-order valence-electron chi connectivity index (χ2n) is 8.77. The second kappa shape index (κ2) is 8.93. The van der Waals surface area contributed by atoms with Gasteiger partial charge in [0.05, 0.1) is 0 Å². The van der Waals surface area contributed by atoms with E-state index < -0.39 is 0 Å². The molecule has 4 rings (SSSR count). The van der Waals surface area contributed by atoms with E-state index >= 15 is 0 Å². The van der Waals surface area contributed by atoms with E-state index in [0.29, 0.717) is 16.2 Å². The number of anilines is 1. The van der Waals surface area contributed by atoms with Gasteiger partial charge in [0.2, 0.25) is 5.70 Å². The standard InChI is InChI=1S/C28H26N2OS/c1-28(2,3)22-16-14-21(15-17-22)26(31)25(30-18-7-4-8-19-30)27(32)29-24-13-9-11-20-10-5-6-12-23(20)24/h4-19H,1-3H3,(H-,29,31,32). The van der Waals surface area contributed by atoms with Gasteiger partial charge in [-0.25, -0.2) is 0 Å². The smallest absolute Gasteiger partial charge is 0.238 e. The van der Waals surface area contributed by atoms with E-state index in [2.05, 4.69) is 38.2 Å². The number of thiocarbonyl (C=S) groups is 1. The van der Waals surface area contributed by atoms with Crippen LogP contribution in [0, 0.1) is 0 Å². The van der Waals surface area contributed by atoms with Gasteiger partial charge in [-0.3, -0.25) is 0 Å². The Morgan fingerprint density at radius 2 is 1.47 bits per heavy atom. The van der Waals surface area contributed by atoms with Crippen LogP contribution in [0.3, 0.4) is 0 Å². The maximum absolute atomic E-state index is 13.6. The lowest BCUT2D eigenvalue weighted by atomic mass is 9.86. The molecule has 3 nitrogen and oxygen atoms in total. The molecule has 1 aromatic heterocycles. The van der Waals surface area contributed by atoms with Gasteiger partial charge in [0.15, 0.2) is 17.4 Å². The summed E-state index contributed by atoms with van der Waals surface area (Å²) in [5.41, 5.74) is 3.09. The Kier molecular flexibility index (Phi) is 6.06. The number of nitrogens with one attached hydrogen (secondary N) is 1. The number of hydrogen-bond donors (Lipinski definition) is 1. The van der Waals surface area contributed by atoms with Gasteiger partial charge in [-0.1, -0.05) is 99.7 Å². The van der Waals surface area contributed by atoms with Crippen molar-refractivity contribution in [3.63, 3.8) is 0 Å². The lowest BCUT2D eigenvalue weighted by molar-refractivity contribution is -0.577. The molecule has 0 unspecified atom stereocenters. The number of fused-ring (bicyclic) bond motifs is 1. The summed E-state index contributed by atoms with van der Waals surface area (Å²) < 4.78 is 1.78. The van der Waals surface area contributed by atoms with Crippen LogP contribution in [0.4, 0.5) is 5.69 Å². The maximum Gasteiger partial charge on any atom is 0.238 e. The molecule has 0 spiro atoms. The minimum absolute atomic E-state index is 0.0214. The molecular formula is C28H26N2OS. The van der Waals surface area contributed by atoms with Crippen LogP contribution in [0.1, 0.15) is 31.9 Å². The van der Waals surface area contributed by atoms with Gasteiger partial charge >= 0.3 is 0 Å². The summed E-state index contributed by atoms with van der Waals surface area (Å²) in [4.78, 5) is 0.377. The normalized spacial score (nSPS) is 12.3. The van der Waals surface area contributed by atoms with Gasteiger partial charge in [-0.2, -0.15) is 4.57 Å². The van der Waals surface area contributed by atoms with Gasteiger partial charge in [0, 0.05) is 23.2 Å². The summed E-state index contributed by atoms with van der Waals surface area (Å²) in [6, 6.07) is 27.6. The molecule has 4 aromatic rings. The number of aromatic nitrogens is 1. The Morgan fingerprint density at radius 3 is 2.16 bits per heavy atom. The monoisotopic (exact) mass is 438 g/mol. The molecular weight excluding hydrogens is 412 g/mol. The third kappa shape index (κ3) is 4.56. The first-order valence-electron chi connectivity index (χ1n) is 10.6. The van der Waals surface area contributed by atoms with Crippen LogP contribution in [0.5, 0.6) is 0 Å². The number of hydrogen-bond acceptors (Lipinski definition) is 2. The van der Waals surface area contributed by atoms with Crippen molar-refractivity contribution in [2.24, 2.45) is 0 Å². The molecule has 0 amide bonds. The van der Waals surface area contributed by atoms with Gasteiger partial charge in [-0.05, 0) is 33.8 Å². The second-order valence-corrected chi connectivity index (χ2v) is 9.18. The molecule has 0 aliphatic rings. The van der Waals surface area contributed by atoms with Crippen LogP contribution >= 0.6 is 12.2 Å². The third-order valence-electron chi connectivity index (χ3n) is 5.45.